The number of carbonyl (C=O) groups excluding carboxylic acids is 1. The minimum Gasteiger partial charge on any atom is -0.466 e. The number of hydrogen-bond donors (Lipinski definition) is 0. The molecule has 21 heavy (non-hydrogen) atoms. The summed E-state index contributed by atoms with van der Waals surface area (Å²) in [5.41, 5.74) is 0.421. The Hall–Kier alpha value is -1.39. The maximum absolute atomic E-state index is 12.0. The van der Waals surface area contributed by atoms with Crippen LogP contribution in [0.2, 0.25) is 0 Å². The molecule has 4 heteroatoms. The second kappa shape index (κ2) is 8.80. The Morgan fingerprint density at radius 3 is 2.10 bits per heavy atom. The van der Waals surface area contributed by atoms with Gasteiger partial charge in [0.2, 0.25) is 0 Å². The van der Waals surface area contributed by atoms with Gasteiger partial charge in [0.1, 0.15) is 0 Å². The van der Waals surface area contributed by atoms with Crippen LogP contribution < -0.4 is 0 Å². The largest absolute Gasteiger partial charge is 0.466 e. The molecule has 1 rings (SSSR count). The smallest absolute Gasteiger partial charge is 0.306 e. The minimum absolute atomic E-state index is 0.218. The fourth-order valence-electron chi connectivity index (χ4n) is 2.37. The highest BCUT2D eigenvalue weighted by Crippen LogP contribution is 2.34. The lowest BCUT2D eigenvalue weighted by Gasteiger charge is -2.36. The van der Waals surface area contributed by atoms with Gasteiger partial charge < -0.3 is 14.2 Å². The van der Waals surface area contributed by atoms with Crippen LogP contribution in [0.3, 0.4) is 0 Å². The summed E-state index contributed by atoms with van der Waals surface area (Å²) in [6, 6.07) is 9.83. The zero-order valence-corrected chi connectivity index (χ0v) is 13.4. The minimum atomic E-state index is -0.584. The van der Waals surface area contributed by atoms with E-state index in [2.05, 4.69) is 0 Å². The van der Waals surface area contributed by atoms with Crippen LogP contribution in [0, 0.1) is 0 Å². The molecule has 0 aliphatic heterocycles. The molecular formula is C17H26O4. The summed E-state index contributed by atoms with van der Waals surface area (Å²) in [5.74, 6) is -0.242. The fourth-order valence-corrected chi connectivity index (χ4v) is 2.37. The third-order valence-corrected chi connectivity index (χ3v) is 3.41. The molecule has 118 valence electrons. The van der Waals surface area contributed by atoms with Gasteiger partial charge in [-0.15, -0.1) is 0 Å². The van der Waals surface area contributed by atoms with Crippen LogP contribution in [-0.2, 0) is 24.4 Å². The number of carbonyl (C=O) groups is 1. The highest BCUT2D eigenvalue weighted by Gasteiger charge is 2.40. The van der Waals surface area contributed by atoms with Gasteiger partial charge in [-0.25, -0.2) is 0 Å². The van der Waals surface area contributed by atoms with Crippen LogP contribution in [0.1, 0.15) is 39.7 Å². The van der Waals surface area contributed by atoms with Crippen LogP contribution in [-0.4, -0.2) is 32.1 Å². The van der Waals surface area contributed by atoms with Gasteiger partial charge in [0.05, 0.1) is 18.4 Å². The summed E-state index contributed by atoms with van der Waals surface area (Å²) >= 11 is 0. The Labute approximate surface area is 127 Å². The lowest BCUT2D eigenvalue weighted by Crippen LogP contribution is -2.43. The second-order valence-electron chi connectivity index (χ2n) is 5.01. The monoisotopic (exact) mass is 294 g/mol. The van der Waals surface area contributed by atoms with Crippen LogP contribution in [0.4, 0.5) is 0 Å². The first kappa shape index (κ1) is 17.7. The van der Waals surface area contributed by atoms with E-state index < -0.39 is 11.7 Å². The lowest BCUT2D eigenvalue weighted by molar-refractivity contribution is -0.183. The van der Waals surface area contributed by atoms with E-state index in [1.165, 1.54) is 0 Å². The molecule has 0 N–H and O–H groups in total. The molecule has 0 radical (unpaired) electrons. The van der Waals surface area contributed by atoms with Gasteiger partial charge in [0.15, 0.2) is 6.29 Å². The van der Waals surface area contributed by atoms with Crippen molar-refractivity contribution in [2.75, 3.05) is 19.8 Å². The van der Waals surface area contributed by atoms with E-state index >= 15 is 0 Å². The van der Waals surface area contributed by atoms with Crippen molar-refractivity contribution >= 4 is 5.97 Å². The summed E-state index contributed by atoms with van der Waals surface area (Å²) in [7, 11) is 0. The molecule has 0 saturated carbocycles. The Kier molecular flexibility index (Phi) is 7.40. The summed E-state index contributed by atoms with van der Waals surface area (Å²) in [4.78, 5) is 12.0. The van der Waals surface area contributed by atoms with Crippen molar-refractivity contribution in [1.29, 1.82) is 0 Å². The molecule has 0 aromatic heterocycles. The van der Waals surface area contributed by atoms with E-state index in [0.29, 0.717) is 19.8 Å². The van der Waals surface area contributed by atoms with Crippen molar-refractivity contribution in [2.24, 2.45) is 0 Å². The molecule has 0 bridgehead atoms. The second-order valence-corrected chi connectivity index (χ2v) is 5.01. The molecule has 1 atom stereocenters. The van der Waals surface area contributed by atoms with Gasteiger partial charge in [0.25, 0.3) is 0 Å². The van der Waals surface area contributed by atoms with E-state index in [1.807, 2.05) is 51.1 Å². The number of hydrogen-bond acceptors (Lipinski definition) is 4. The van der Waals surface area contributed by atoms with Gasteiger partial charge >= 0.3 is 5.97 Å². The number of benzene rings is 1. The maximum Gasteiger partial charge on any atom is 0.306 e. The molecule has 1 aromatic carbocycles. The molecule has 1 unspecified atom stereocenters. The summed E-state index contributed by atoms with van der Waals surface area (Å²) < 4.78 is 16.6. The predicted octanol–water partition coefficient (Wildman–Crippen LogP) is 3.30. The third-order valence-electron chi connectivity index (χ3n) is 3.41. The molecule has 0 aliphatic carbocycles. The third kappa shape index (κ3) is 4.83. The predicted molar refractivity (Wildman–Crippen MR) is 82.1 cm³/mol. The van der Waals surface area contributed by atoms with Gasteiger partial charge in [0, 0.05) is 13.2 Å². The first-order chi connectivity index (χ1) is 10.1. The van der Waals surface area contributed by atoms with E-state index in [4.69, 9.17) is 14.2 Å². The molecule has 0 saturated heterocycles. The molecule has 0 spiro atoms. The van der Waals surface area contributed by atoms with Crippen molar-refractivity contribution in [3.05, 3.63) is 35.9 Å². The molecule has 0 amide bonds. The SMILES string of the molecule is CCOC(=O)CC(C)(c1ccccc1)C(OCC)OCC. The highest BCUT2D eigenvalue weighted by molar-refractivity contribution is 5.71. The fraction of sp³-hybridized carbons (Fsp3) is 0.588. The molecule has 0 heterocycles. The molecule has 1 aromatic rings. The van der Waals surface area contributed by atoms with Crippen LogP contribution in [0.5, 0.6) is 0 Å². The Balaban J connectivity index is 3.10. The van der Waals surface area contributed by atoms with E-state index in [1.54, 1.807) is 6.92 Å². The molecule has 0 aliphatic rings. The zero-order chi connectivity index (χ0) is 15.7. The van der Waals surface area contributed by atoms with Crippen molar-refractivity contribution in [3.8, 4) is 0 Å². The first-order valence-electron chi connectivity index (χ1n) is 7.52. The van der Waals surface area contributed by atoms with Crippen molar-refractivity contribution in [2.45, 2.75) is 45.8 Å². The Morgan fingerprint density at radius 1 is 1.05 bits per heavy atom. The normalized spacial score (nSPS) is 14.0. The van der Waals surface area contributed by atoms with Crippen molar-refractivity contribution in [3.63, 3.8) is 0 Å². The van der Waals surface area contributed by atoms with Gasteiger partial charge in [-0.2, -0.15) is 0 Å². The van der Waals surface area contributed by atoms with E-state index in [-0.39, 0.29) is 12.4 Å². The zero-order valence-electron chi connectivity index (χ0n) is 13.4. The summed E-state index contributed by atoms with van der Waals surface area (Å²) in [6.45, 7) is 9.04. The maximum atomic E-state index is 12.0. The van der Waals surface area contributed by atoms with Crippen LogP contribution >= 0.6 is 0 Å². The molecule has 4 nitrogen and oxygen atoms in total. The van der Waals surface area contributed by atoms with Gasteiger partial charge in [-0.3, -0.25) is 4.79 Å². The summed E-state index contributed by atoms with van der Waals surface area (Å²) in [5, 5.41) is 0. The first-order valence-corrected chi connectivity index (χ1v) is 7.52. The van der Waals surface area contributed by atoms with E-state index in [0.717, 1.165) is 5.56 Å². The topological polar surface area (TPSA) is 44.8 Å². The molecule has 0 fully saturated rings. The lowest BCUT2D eigenvalue weighted by atomic mass is 9.78. The highest BCUT2D eigenvalue weighted by atomic mass is 16.7. The Bertz CT molecular complexity index is 412. The van der Waals surface area contributed by atoms with Crippen LogP contribution in [0.15, 0.2) is 30.3 Å². The molecular weight excluding hydrogens is 268 g/mol. The number of esters is 1. The summed E-state index contributed by atoms with van der Waals surface area (Å²) in [6.07, 6.45) is -0.269. The van der Waals surface area contributed by atoms with Gasteiger partial charge in [-0.1, -0.05) is 37.3 Å². The average molecular weight is 294 g/mol. The number of ether oxygens (including phenoxy) is 3. The van der Waals surface area contributed by atoms with E-state index in [9.17, 15) is 4.79 Å². The quantitative estimate of drug-likeness (QED) is 0.518. The standard InChI is InChI=1S/C17H26O4/c1-5-19-15(18)13-17(4,14-11-9-8-10-12-14)16(20-6-2)21-7-3/h8-12,16H,5-7,13H2,1-4H3. The average Bonchev–Trinajstić information content (AvgIpc) is 2.48. The van der Waals surface area contributed by atoms with Gasteiger partial charge in [-0.05, 0) is 26.3 Å². The Morgan fingerprint density at radius 2 is 1.62 bits per heavy atom. The van der Waals surface area contributed by atoms with Crippen molar-refractivity contribution < 1.29 is 19.0 Å². The number of rotatable bonds is 9. The van der Waals surface area contributed by atoms with Crippen LogP contribution in [0.25, 0.3) is 0 Å². The van der Waals surface area contributed by atoms with Crippen molar-refractivity contribution in [1.82, 2.24) is 0 Å².